The van der Waals surface area contributed by atoms with Crippen molar-refractivity contribution in [1.29, 1.82) is 0 Å². The second kappa shape index (κ2) is 6.53. The predicted molar refractivity (Wildman–Crippen MR) is 69.6 cm³/mol. The summed E-state index contributed by atoms with van der Waals surface area (Å²) >= 11 is 0. The van der Waals surface area contributed by atoms with Gasteiger partial charge in [-0.1, -0.05) is 0 Å². The summed E-state index contributed by atoms with van der Waals surface area (Å²) in [6.07, 6.45) is -4.02. The number of carbonyl (C=O) groups is 2. The van der Waals surface area contributed by atoms with E-state index in [0.29, 0.717) is 19.4 Å². The average Bonchev–Trinajstić information content (AvgIpc) is 2.33. The molecule has 1 aliphatic heterocycles. The zero-order valence-corrected chi connectivity index (χ0v) is 12.4. The van der Waals surface area contributed by atoms with Crippen LogP contribution in [0.1, 0.15) is 33.6 Å². The van der Waals surface area contributed by atoms with Gasteiger partial charge in [0.1, 0.15) is 5.60 Å². The van der Waals surface area contributed by atoms with Gasteiger partial charge in [0.2, 0.25) is 0 Å². The van der Waals surface area contributed by atoms with Gasteiger partial charge in [0.25, 0.3) is 0 Å². The normalized spacial score (nSPS) is 20.1. The number of ether oxygens (including phenoxy) is 1. The monoisotopic (exact) mass is 310 g/mol. The molecule has 1 rings (SSSR count). The van der Waals surface area contributed by atoms with E-state index in [1.54, 1.807) is 20.8 Å². The van der Waals surface area contributed by atoms with Gasteiger partial charge in [-0.15, -0.1) is 0 Å². The van der Waals surface area contributed by atoms with Gasteiger partial charge in [0, 0.05) is 19.6 Å². The molecule has 5 nitrogen and oxygen atoms in total. The fourth-order valence-electron chi connectivity index (χ4n) is 2.06. The number of piperidine rings is 1. The fourth-order valence-corrected chi connectivity index (χ4v) is 2.06. The van der Waals surface area contributed by atoms with Gasteiger partial charge in [-0.25, -0.2) is 4.79 Å². The molecule has 0 saturated carbocycles. The van der Waals surface area contributed by atoms with E-state index in [1.165, 1.54) is 4.90 Å². The summed E-state index contributed by atoms with van der Waals surface area (Å²) in [5.74, 6) is -2.14. The van der Waals surface area contributed by atoms with Crippen LogP contribution in [0.3, 0.4) is 0 Å². The molecule has 0 radical (unpaired) electrons. The summed E-state index contributed by atoms with van der Waals surface area (Å²) in [6.45, 7) is 5.94. The van der Waals surface area contributed by atoms with Gasteiger partial charge in [-0.3, -0.25) is 4.79 Å². The largest absolute Gasteiger partial charge is 0.471 e. The fraction of sp³-hybridized carbons (Fsp3) is 0.846. The maximum Gasteiger partial charge on any atom is 0.471 e. The molecule has 0 aliphatic carbocycles. The first-order valence-corrected chi connectivity index (χ1v) is 6.82. The third kappa shape index (κ3) is 6.22. The van der Waals surface area contributed by atoms with Crippen molar-refractivity contribution in [2.24, 2.45) is 5.92 Å². The van der Waals surface area contributed by atoms with Crippen LogP contribution in [-0.2, 0) is 9.53 Å². The zero-order chi connectivity index (χ0) is 16.3. The number of carbonyl (C=O) groups excluding carboxylic acids is 2. The van der Waals surface area contributed by atoms with Gasteiger partial charge in [0.05, 0.1) is 0 Å². The lowest BCUT2D eigenvalue weighted by molar-refractivity contribution is -0.173. The summed E-state index contributed by atoms with van der Waals surface area (Å²) in [7, 11) is 0. The van der Waals surface area contributed by atoms with Crippen molar-refractivity contribution in [3.63, 3.8) is 0 Å². The number of nitrogens with one attached hydrogen (secondary N) is 1. The van der Waals surface area contributed by atoms with Crippen molar-refractivity contribution < 1.29 is 27.5 Å². The molecular weight excluding hydrogens is 289 g/mol. The van der Waals surface area contributed by atoms with Gasteiger partial charge in [0.15, 0.2) is 0 Å². The van der Waals surface area contributed by atoms with E-state index in [-0.39, 0.29) is 19.0 Å². The first kappa shape index (κ1) is 17.6. The number of hydrogen-bond acceptors (Lipinski definition) is 3. The molecule has 1 fully saturated rings. The van der Waals surface area contributed by atoms with Crippen molar-refractivity contribution in [1.82, 2.24) is 10.2 Å². The lowest BCUT2D eigenvalue weighted by Gasteiger charge is -2.34. The Morgan fingerprint density at radius 1 is 1.29 bits per heavy atom. The highest BCUT2D eigenvalue weighted by Crippen LogP contribution is 2.20. The quantitative estimate of drug-likeness (QED) is 0.851. The molecule has 1 atom stereocenters. The minimum Gasteiger partial charge on any atom is -0.444 e. The van der Waals surface area contributed by atoms with Crippen molar-refractivity contribution in [2.45, 2.75) is 45.4 Å². The number of hydrogen-bond donors (Lipinski definition) is 1. The topological polar surface area (TPSA) is 58.6 Å². The minimum absolute atomic E-state index is 0.0996. The maximum atomic E-state index is 12.1. The Morgan fingerprint density at radius 2 is 1.90 bits per heavy atom. The van der Waals surface area contributed by atoms with Gasteiger partial charge >= 0.3 is 18.2 Å². The van der Waals surface area contributed by atoms with Gasteiger partial charge < -0.3 is 15.0 Å². The van der Waals surface area contributed by atoms with Crippen LogP contribution in [-0.4, -0.2) is 48.3 Å². The van der Waals surface area contributed by atoms with Crippen molar-refractivity contribution in [3.8, 4) is 0 Å². The summed E-state index contributed by atoms with van der Waals surface area (Å²) in [4.78, 5) is 24.1. The number of alkyl halides is 3. The Kier molecular flexibility index (Phi) is 5.47. The predicted octanol–water partition coefficient (Wildman–Crippen LogP) is 2.31. The molecule has 1 unspecified atom stereocenters. The van der Waals surface area contributed by atoms with Crippen molar-refractivity contribution in [3.05, 3.63) is 0 Å². The molecule has 122 valence electrons. The Labute approximate surface area is 121 Å². The second-order valence-electron chi connectivity index (χ2n) is 6.14. The highest BCUT2D eigenvalue weighted by Gasteiger charge is 2.39. The Hall–Kier alpha value is -1.47. The van der Waals surface area contributed by atoms with Gasteiger partial charge in [-0.05, 0) is 39.5 Å². The summed E-state index contributed by atoms with van der Waals surface area (Å²) in [5.41, 5.74) is -0.617. The Morgan fingerprint density at radius 3 is 2.43 bits per heavy atom. The van der Waals surface area contributed by atoms with Crippen LogP contribution in [0.5, 0.6) is 0 Å². The molecule has 2 amide bonds. The zero-order valence-electron chi connectivity index (χ0n) is 12.4. The standard InChI is InChI=1S/C13H21F3N2O3/c1-12(2,3)21-11(20)18-6-4-5-9(8-18)7-17-10(19)13(14,15)16/h9H,4-8H2,1-3H3,(H,17,19). The number of nitrogens with zero attached hydrogens (tertiary/aromatic N) is 1. The van der Waals surface area contributed by atoms with Crippen LogP contribution in [0.2, 0.25) is 0 Å². The highest BCUT2D eigenvalue weighted by molar-refractivity contribution is 5.81. The first-order valence-electron chi connectivity index (χ1n) is 6.82. The molecule has 0 aromatic carbocycles. The number of rotatable bonds is 2. The van der Waals surface area contributed by atoms with E-state index in [2.05, 4.69) is 0 Å². The molecule has 1 saturated heterocycles. The lowest BCUT2D eigenvalue weighted by atomic mass is 9.98. The van der Waals surface area contributed by atoms with Crippen LogP contribution < -0.4 is 5.32 Å². The SMILES string of the molecule is CC(C)(C)OC(=O)N1CCCC(CNC(=O)C(F)(F)F)C1. The van der Waals surface area contributed by atoms with Crippen LogP contribution in [0, 0.1) is 5.92 Å². The van der Waals surface area contributed by atoms with E-state index in [9.17, 15) is 22.8 Å². The molecule has 0 bridgehead atoms. The van der Waals surface area contributed by atoms with Crippen molar-refractivity contribution in [2.75, 3.05) is 19.6 Å². The van der Waals surface area contributed by atoms with Crippen molar-refractivity contribution >= 4 is 12.0 Å². The van der Waals surface area contributed by atoms with E-state index < -0.39 is 23.8 Å². The minimum atomic E-state index is -4.88. The molecule has 8 heteroatoms. The molecule has 0 aromatic heterocycles. The third-order valence-electron chi connectivity index (χ3n) is 2.98. The van der Waals surface area contributed by atoms with E-state index >= 15 is 0 Å². The molecule has 21 heavy (non-hydrogen) atoms. The van der Waals surface area contributed by atoms with Crippen LogP contribution >= 0.6 is 0 Å². The van der Waals surface area contributed by atoms with Gasteiger partial charge in [-0.2, -0.15) is 13.2 Å². The molecule has 1 heterocycles. The molecule has 1 N–H and O–H groups in total. The number of halogens is 3. The second-order valence-corrected chi connectivity index (χ2v) is 6.14. The molecule has 0 aromatic rings. The molecular formula is C13H21F3N2O3. The number of likely N-dealkylation sites (tertiary alicyclic amines) is 1. The number of amides is 2. The van der Waals surface area contributed by atoms with E-state index in [4.69, 9.17) is 4.74 Å². The average molecular weight is 310 g/mol. The highest BCUT2D eigenvalue weighted by atomic mass is 19.4. The van der Waals surface area contributed by atoms with E-state index in [0.717, 1.165) is 0 Å². The maximum absolute atomic E-state index is 12.1. The van der Waals surface area contributed by atoms with Crippen LogP contribution in [0.15, 0.2) is 0 Å². The Bertz CT molecular complexity index is 391. The summed E-state index contributed by atoms with van der Waals surface area (Å²) < 4.78 is 41.5. The molecule has 1 aliphatic rings. The molecule has 0 spiro atoms. The van der Waals surface area contributed by atoms with Crippen LogP contribution in [0.25, 0.3) is 0 Å². The summed E-state index contributed by atoms with van der Waals surface area (Å²) in [6, 6.07) is 0. The summed E-state index contributed by atoms with van der Waals surface area (Å²) in [5, 5.41) is 1.86. The third-order valence-corrected chi connectivity index (χ3v) is 2.98. The lowest BCUT2D eigenvalue weighted by Crippen LogP contribution is -2.47. The first-order chi connectivity index (χ1) is 9.49. The van der Waals surface area contributed by atoms with E-state index in [1.807, 2.05) is 5.32 Å². The smallest absolute Gasteiger partial charge is 0.444 e. The Balaban J connectivity index is 2.46. The van der Waals surface area contributed by atoms with Crippen LogP contribution in [0.4, 0.5) is 18.0 Å².